The normalized spacial score (nSPS) is 23.4. The predicted octanol–water partition coefficient (Wildman–Crippen LogP) is 5.45. The van der Waals surface area contributed by atoms with Gasteiger partial charge in [-0.3, -0.25) is 4.79 Å². The smallest absolute Gasteiger partial charge is 0.153 e. The Balaban J connectivity index is 1.35. The van der Waals surface area contributed by atoms with Crippen LogP contribution >= 0.6 is 0 Å². The van der Waals surface area contributed by atoms with Crippen LogP contribution in [0.3, 0.4) is 0 Å². The van der Waals surface area contributed by atoms with Gasteiger partial charge >= 0.3 is 0 Å². The van der Waals surface area contributed by atoms with Crippen molar-refractivity contribution >= 4 is 21.3 Å². The Morgan fingerprint density at radius 3 is 2.30 bits per heavy atom. The molecule has 3 fully saturated rings. The van der Waals surface area contributed by atoms with Gasteiger partial charge in [-0.05, 0) is 67.6 Å². The van der Waals surface area contributed by atoms with Gasteiger partial charge in [0.15, 0.2) is 9.84 Å². The van der Waals surface area contributed by atoms with E-state index in [-0.39, 0.29) is 34.9 Å². The number of ketones is 1. The van der Waals surface area contributed by atoms with E-state index in [0.29, 0.717) is 19.5 Å². The van der Waals surface area contributed by atoms with Gasteiger partial charge in [-0.15, -0.1) is 0 Å². The fourth-order valence-electron chi connectivity index (χ4n) is 6.22. The summed E-state index contributed by atoms with van der Waals surface area (Å²) < 4.78 is 39.2. The van der Waals surface area contributed by atoms with Crippen molar-refractivity contribution in [3.8, 4) is 22.9 Å². The standard InChI is InChI=1S/C31H33FN4O3S/c32-23-7-11-25(12-8-23)36-20-28(22-5-9-24(10-6-22)35-15-17-40(38,39)18-16-35)30(34-36)27-4-2-1-3-26(27)29(37)19-31(21-33)13-14-31/h5-12,20,26-27H,1-4,13-19H2/t26-,27-/m1/s1. The van der Waals surface area contributed by atoms with Crippen molar-refractivity contribution in [1.82, 2.24) is 9.78 Å². The average Bonchev–Trinajstić information content (AvgIpc) is 3.60. The van der Waals surface area contributed by atoms with E-state index >= 15 is 0 Å². The summed E-state index contributed by atoms with van der Waals surface area (Å²) in [4.78, 5) is 15.6. The first-order valence-corrected chi connectivity index (χ1v) is 15.9. The lowest BCUT2D eigenvalue weighted by Crippen LogP contribution is -2.40. The number of benzene rings is 2. The number of sulfone groups is 1. The molecule has 7 nitrogen and oxygen atoms in total. The molecule has 0 unspecified atom stereocenters. The molecule has 2 atom stereocenters. The van der Waals surface area contributed by atoms with Gasteiger partial charge in [0, 0.05) is 48.8 Å². The molecule has 0 radical (unpaired) electrons. The van der Waals surface area contributed by atoms with Crippen LogP contribution in [0.4, 0.5) is 10.1 Å². The number of aromatic nitrogens is 2. The highest BCUT2D eigenvalue weighted by Crippen LogP contribution is 2.51. The minimum Gasteiger partial charge on any atom is -0.369 e. The zero-order valence-corrected chi connectivity index (χ0v) is 23.2. The average molecular weight is 561 g/mol. The van der Waals surface area contributed by atoms with Gasteiger partial charge in [0.1, 0.15) is 11.6 Å². The van der Waals surface area contributed by atoms with Crippen LogP contribution < -0.4 is 4.90 Å². The topological polar surface area (TPSA) is 96.1 Å². The van der Waals surface area contributed by atoms with Crippen LogP contribution in [0.2, 0.25) is 0 Å². The third kappa shape index (κ3) is 5.42. The third-order valence-electron chi connectivity index (χ3n) is 8.86. The lowest BCUT2D eigenvalue weighted by Gasteiger charge is -2.31. The zero-order chi connectivity index (χ0) is 27.9. The number of carbonyl (C=O) groups is 1. The lowest BCUT2D eigenvalue weighted by atomic mass is 9.72. The summed E-state index contributed by atoms with van der Waals surface area (Å²) in [5.74, 6) is -0.0617. The van der Waals surface area contributed by atoms with Gasteiger partial charge < -0.3 is 4.90 Å². The number of Topliss-reactive ketones (excluding diaryl/α,β-unsaturated/α-hetero) is 1. The van der Waals surface area contributed by atoms with E-state index in [1.165, 1.54) is 12.1 Å². The van der Waals surface area contributed by atoms with Gasteiger partial charge in [0.25, 0.3) is 0 Å². The minimum atomic E-state index is -2.96. The largest absolute Gasteiger partial charge is 0.369 e. The summed E-state index contributed by atoms with van der Waals surface area (Å²) in [5.41, 5.74) is 4.00. The van der Waals surface area contributed by atoms with Crippen LogP contribution in [0.5, 0.6) is 0 Å². The third-order valence-corrected chi connectivity index (χ3v) is 10.5. The van der Waals surface area contributed by atoms with Gasteiger partial charge in [-0.2, -0.15) is 10.4 Å². The molecular weight excluding hydrogens is 527 g/mol. The minimum absolute atomic E-state index is 0.0561. The van der Waals surface area contributed by atoms with Crippen LogP contribution in [0, 0.1) is 28.5 Å². The summed E-state index contributed by atoms with van der Waals surface area (Å²) >= 11 is 0. The molecule has 0 N–H and O–H groups in total. The second kappa shape index (κ2) is 10.5. The summed E-state index contributed by atoms with van der Waals surface area (Å²) in [6.07, 6.45) is 7.52. The van der Waals surface area contributed by atoms with E-state index in [9.17, 15) is 22.9 Å². The predicted molar refractivity (Wildman–Crippen MR) is 151 cm³/mol. The summed E-state index contributed by atoms with van der Waals surface area (Å²) in [6.45, 7) is 0.955. The molecule has 2 saturated carbocycles. The Morgan fingerprint density at radius 1 is 1.00 bits per heavy atom. The Labute approximate surface area is 234 Å². The molecule has 3 aromatic rings. The van der Waals surface area contributed by atoms with Crippen molar-refractivity contribution < 1.29 is 17.6 Å². The fraction of sp³-hybridized carbons (Fsp3) is 0.452. The monoisotopic (exact) mass is 560 g/mol. The van der Waals surface area contributed by atoms with Crippen LogP contribution in [-0.4, -0.2) is 48.6 Å². The van der Waals surface area contributed by atoms with Crippen molar-refractivity contribution in [2.24, 2.45) is 11.3 Å². The molecule has 2 aliphatic carbocycles. The molecule has 2 heterocycles. The molecule has 1 saturated heterocycles. The Morgan fingerprint density at radius 2 is 1.65 bits per heavy atom. The second-order valence-corrected chi connectivity index (χ2v) is 13.9. The van der Waals surface area contributed by atoms with Crippen LogP contribution in [0.25, 0.3) is 16.8 Å². The molecule has 0 spiro atoms. The maximum Gasteiger partial charge on any atom is 0.153 e. The molecule has 2 aromatic carbocycles. The number of rotatable bonds is 7. The van der Waals surface area contributed by atoms with E-state index in [2.05, 4.69) is 11.0 Å². The quantitative estimate of drug-likeness (QED) is 0.381. The molecular formula is C31H33FN4O3S. The SMILES string of the molecule is N#CC1(CC(=O)[C@@H]2CCCC[C@H]2c2nn(-c3ccc(F)cc3)cc2-c2ccc(N3CCS(=O)(=O)CC3)cc2)CC1. The molecule has 6 rings (SSSR count). The van der Waals surface area contributed by atoms with Crippen LogP contribution in [-0.2, 0) is 14.6 Å². The van der Waals surface area contributed by atoms with Crippen molar-refractivity contribution in [2.45, 2.75) is 50.9 Å². The van der Waals surface area contributed by atoms with E-state index in [4.69, 9.17) is 5.10 Å². The van der Waals surface area contributed by atoms with Gasteiger partial charge in [-0.1, -0.05) is 25.0 Å². The highest BCUT2D eigenvalue weighted by molar-refractivity contribution is 7.91. The maximum absolute atomic E-state index is 13.7. The molecule has 208 valence electrons. The molecule has 1 aromatic heterocycles. The molecule has 3 aliphatic rings. The first-order valence-electron chi connectivity index (χ1n) is 14.1. The molecule has 0 bridgehead atoms. The second-order valence-electron chi connectivity index (χ2n) is 11.6. The summed E-state index contributed by atoms with van der Waals surface area (Å²) in [7, 11) is -2.96. The number of carbonyl (C=O) groups excluding carboxylic acids is 1. The number of hydrogen-bond acceptors (Lipinski definition) is 6. The Kier molecular flexibility index (Phi) is 6.99. The van der Waals surface area contributed by atoms with Gasteiger partial charge in [0.05, 0.1) is 34.4 Å². The fourth-order valence-corrected chi connectivity index (χ4v) is 7.42. The Hall–Kier alpha value is -3.51. The van der Waals surface area contributed by atoms with Crippen LogP contribution in [0.15, 0.2) is 54.7 Å². The van der Waals surface area contributed by atoms with Gasteiger partial charge in [0.2, 0.25) is 0 Å². The highest BCUT2D eigenvalue weighted by atomic mass is 32.2. The van der Waals surface area contributed by atoms with E-state index in [1.54, 1.807) is 16.8 Å². The molecule has 0 amide bonds. The lowest BCUT2D eigenvalue weighted by molar-refractivity contribution is -0.125. The summed E-state index contributed by atoms with van der Waals surface area (Å²) in [5, 5.41) is 14.6. The number of anilines is 1. The van der Waals surface area contributed by atoms with Crippen molar-refractivity contribution in [1.29, 1.82) is 5.26 Å². The number of hydrogen-bond donors (Lipinski definition) is 0. The number of halogens is 1. The molecule has 1 aliphatic heterocycles. The van der Waals surface area contributed by atoms with E-state index in [0.717, 1.165) is 66.7 Å². The Bertz CT molecular complexity index is 1540. The first-order chi connectivity index (χ1) is 19.3. The van der Waals surface area contributed by atoms with Crippen molar-refractivity contribution in [3.05, 3.63) is 66.2 Å². The van der Waals surface area contributed by atoms with E-state index < -0.39 is 15.3 Å². The first kappa shape index (κ1) is 26.7. The number of nitrogens with zero attached hydrogens (tertiary/aromatic N) is 4. The van der Waals surface area contributed by atoms with Gasteiger partial charge in [-0.25, -0.2) is 17.5 Å². The molecule has 40 heavy (non-hydrogen) atoms. The maximum atomic E-state index is 13.7. The zero-order valence-electron chi connectivity index (χ0n) is 22.4. The van der Waals surface area contributed by atoms with E-state index in [1.807, 2.05) is 30.5 Å². The summed E-state index contributed by atoms with van der Waals surface area (Å²) in [6, 6.07) is 16.7. The van der Waals surface area contributed by atoms with Crippen molar-refractivity contribution in [3.63, 3.8) is 0 Å². The molecule has 9 heteroatoms. The number of nitriles is 1. The van der Waals surface area contributed by atoms with Crippen molar-refractivity contribution in [2.75, 3.05) is 29.5 Å². The van der Waals surface area contributed by atoms with Crippen LogP contribution in [0.1, 0.15) is 56.6 Å². The highest BCUT2D eigenvalue weighted by Gasteiger charge is 2.47.